The van der Waals surface area contributed by atoms with Gasteiger partial charge in [-0.05, 0) is 25.2 Å². The van der Waals surface area contributed by atoms with Gasteiger partial charge in [0, 0.05) is 4.32 Å². The molecule has 0 aliphatic carbocycles. The Morgan fingerprint density at radius 2 is 1.00 bits per heavy atom. The van der Waals surface area contributed by atoms with Gasteiger partial charge in [-0.3, -0.25) is 0 Å². The SMILES string of the molecule is CCCCCCCCCCCCCCC(CC)C(Br)(CC)CC.N. The van der Waals surface area contributed by atoms with Crippen LogP contribution in [-0.4, -0.2) is 4.32 Å². The van der Waals surface area contributed by atoms with Gasteiger partial charge < -0.3 is 6.15 Å². The summed E-state index contributed by atoms with van der Waals surface area (Å²) in [4.78, 5) is 0. The van der Waals surface area contributed by atoms with Gasteiger partial charge in [0.05, 0.1) is 0 Å². The summed E-state index contributed by atoms with van der Waals surface area (Å²) in [5.74, 6) is 0.862. The van der Waals surface area contributed by atoms with E-state index in [4.69, 9.17) is 0 Å². The minimum absolute atomic E-state index is 0. The molecular weight excluding hydrogens is 358 g/mol. The smallest absolute Gasteiger partial charge is 0.0280 e. The maximum atomic E-state index is 4.04. The Kier molecular flexibility index (Phi) is 20.3. The van der Waals surface area contributed by atoms with Crippen LogP contribution < -0.4 is 6.15 Å². The highest BCUT2D eigenvalue weighted by Gasteiger charge is 2.30. The monoisotopic (exact) mass is 405 g/mol. The lowest BCUT2D eigenvalue weighted by atomic mass is 9.82. The third-order valence-corrected chi connectivity index (χ3v) is 7.58. The van der Waals surface area contributed by atoms with Crippen molar-refractivity contribution < 1.29 is 0 Å². The summed E-state index contributed by atoms with van der Waals surface area (Å²) < 4.78 is 0.402. The first-order valence-corrected chi connectivity index (χ1v) is 11.6. The molecule has 0 spiro atoms. The van der Waals surface area contributed by atoms with Gasteiger partial charge in [-0.1, -0.05) is 127 Å². The van der Waals surface area contributed by atoms with Crippen LogP contribution in [0.15, 0.2) is 0 Å². The van der Waals surface area contributed by atoms with Crippen molar-refractivity contribution in [2.45, 2.75) is 135 Å². The number of unbranched alkanes of at least 4 members (excludes halogenated alkanes) is 11. The fourth-order valence-electron chi connectivity index (χ4n) is 3.89. The van der Waals surface area contributed by atoms with Gasteiger partial charge in [0.1, 0.15) is 0 Å². The minimum atomic E-state index is 0. The molecule has 0 radical (unpaired) electrons. The molecule has 1 unspecified atom stereocenters. The van der Waals surface area contributed by atoms with Gasteiger partial charge in [0.25, 0.3) is 0 Å². The first-order valence-electron chi connectivity index (χ1n) is 10.8. The van der Waals surface area contributed by atoms with Crippen LogP contribution in [0.5, 0.6) is 0 Å². The quantitative estimate of drug-likeness (QED) is 0.190. The highest BCUT2D eigenvalue weighted by molar-refractivity contribution is 9.10. The van der Waals surface area contributed by atoms with Crippen LogP contribution in [0.25, 0.3) is 0 Å². The van der Waals surface area contributed by atoms with Crippen molar-refractivity contribution in [3.05, 3.63) is 0 Å². The maximum absolute atomic E-state index is 4.04. The van der Waals surface area contributed by atoms with Crippen molar-refractivity contribution in [1.82, 2.24) is 6.15 Å². The Balaban J connectivity index is 0. The first-order chi connectivity index (χ1) is 11.1. The Morgan fingerprint density at radius 1 is 0.625 bits per heavy atom. The van der Waals surface area contributed by atoms with E-state index in [2.05, 4.69) is 43.6 Å². The normalized spacial score (nSPS) is 12.9. The topological polar surface area (TPSA) is 35.0 Å². The molecule has 0 aromatic rings. The highest BCUT2D eigenvalue weighted by Crippen LogP contribution is 2.39. The van der Waals surface area contributed by atoms with E-state index in [0.717, 1.165) is 5.92 Å². The van der Waals surface area contributed by atoms with E-state index in [1.54, 1.807) is 0 Å². The molecule has 2 heteroatoms. The third kappa shape index (κ3) is 12.8. The van der Waals surface area contributed by atoms with Gasteiger partial charge >= 0.3 is 0 Å². The molecule has 0 saturated heterocycles. The van der Waals surface area contributed by atoms with E-state index in [-0.39, 0.29) is 6.15 Å². The highest BCUT2D eigenvalue weighted by atomic mass is 79.9. The molecule has 0 aromatic heterocycles. The summed E-state index contributed by atoms with van der Waals surface area (Å²) in [7, 11) is 0. The second-order valence-electron chi connectivity index (χ2n) is 7.52. The molecule has 0 bridgehead atoms. The summed E-state index contributed by atoms with van der Waals surface area (Å²) in [6.45, 7) is 9.34. The number of halogens is 1. The Hall–Kier alpha value is 0.440. The lowest BCUT2D eigenvalue weighted by molar-refractivity contribution is 0.321. The van der Waals surface area contributed by atoms with Crippen molar-refractivity contribution >= 4 is 15.9 Å². The summed E-state index contributed by atoms with van der Waals surface area (Å²) in [5, 5.41) is 0. The summed E-state index contributed by atoms with van der Waals surface area (Å²) in [5.41, 5.74) is 0. The summed E-state index contributed by atoms with van der Waals surface area (Å²) in [6, 6.07) is 0. The summed E-state index contributed by atoms with van der Waals surface area (Å²) >= 11 is 4.04. The van der Waals surface area contributed by atoms with Crippen molar-refractivity contribution in [1.29, 1.82) is 0 Å². The standard InChI is InChI=1S/C22H45Br.H3N/c1-5-9-10-11-12-13-14-15-16-17-18-19-20-21(6-2)22(23,7-3)8-4;/h21H,5-20H2,1-4H3;1H3. The fraction of sp³-hybridized carbons (Fsp3) is 1.00. The zero-order chi connectivity index (χ0) is 17.4. The van der Waals surface area contributed by atoms with Crippen LogP contribution in [0.2, 0.25) is 0 Å². The minimum Gasteiger partial charge on any atom is -0.344 e. The predicted octanol–water partition coefficient (Wildman–Crippen LogP) is 9.22. The zero-order valence-electron chi connectivity index (χ0n) is 17.5. The van der Waals surface area contributed by atoms with E-state index in [9.17, 15) is 0 Å². The van der Waals surface area contributed by atoms with Crippen molar-refractivity contribution in [3.63, 3.8) is 0 Å². The molecule has 148 valence electrons. The van der Waals surface area contributed by atoms with Crippen molar-refractivity contribution in [2.24, 2.45) is 5.92 Å². The maximum Gasteiger partial charge on any atom is 0.0280 e. The van der Waals surface area contributed by atoms with Crippen molar-refractivity contribution in [3.8, 4) is 0 Å². The number of hydrogen-bond donors (Lipinski definition) is 1. The number of hydrogen-bond acceptors (Lipinski definition) is 1. The summed E-state index contributed by atoms with van der Waals surface area (Å²) in [6.07, 6.45) is 22.7. The van der Waals surface area contributed by atoms with Crippen molar-refractivity contribution in [2.75, 3.05) is 0 Å². The van der Waals surface area contributed by atoms with E-state index in [1.807, 2.05) is 0 Å². The molecule has 0 aromatic carbocycles. The van der Waals surface area contributed by atoms with Crippen LogP contribution in [-0.2, 0) is 0 Å². The molecule has 0 aliphatic rings. The van der Waals surface area contributed by atoms with Gasteiger partial charge in [0.15, 0.2) is 0 Å². The second kappa shape index (κ2) is 18.2. The van der Waals surface area contributed by atoms with Crippen LogP contribution >= 0.6 is 15.9 Å². The van der Waals surface area contributed by atoms with E-state index in [1.165, 1.54) is 103 Å². The van der Waals surface area contributed by atoms with Gasteiger partial charge in [-0.25, -0.2) is 0 Å². The average molecular weight is 407 g/mol. The molecule has 0 saturated carbocycles. The van der Waals surface area contributed by atoms with E-state index in [0.29, 0.717) is 4.32 Å². The zero-order valence-corrected chi connectivity index (χ0v) is 19.1. The van der Waals surface area contributed by atoms with Crippen LogP contribution in [0, 0.1) is 5.92 Å². The lowest BCUT2D eigenvalue weighted by Gasteiger charge is -2.34. The van der Waals surface area contributed by atoms with Gasteiger partial charge in [-0.15, -0.1) is 0 Å². The third-order valence-electron chi connectivity index (χ3n) is 5.81. The van der Waals surface area contributed by atoms with Crippen LogP contribution in [0.1, 0.15) is 130 Å². The number of rotatable bonds is 17. The molecule has 0 amide bonds. The molecule has 0 rings (SSSR count). The molecule has 1 nitrogen and oxygen atoms in total. The predicted molar refractivity (Wildman–Crippen MR) is 117 cm³/mol. The largest absolute Gasteiger partial charge is 0.344 e. The Labute approximate surface area is 162 Å². The lowest BCUT2D eigenvalue weighted by Crippen LogP contribution is -2.29. The van der Waals surface area contributed by atoms with Gasteiger partial charge in [0.2, 0.25) is 0 Å². The molecule has 0 heterocycles. The first kappa shape index (κ1) is 26.7. The fourth-order valence-corrected chi connectivity index (χ4v) is 4.44. The molecule has 24 heavy (non-hydrogen) atoms. The Bertz CT molecular complexity index is 238. The molecule has 0 aliphatic heterocycles. The van der Waals surface area contributed by atoms with Crippen LogP contribution in [0.3, 0.4) is 0 Å². The molecule has 1 atom stereocenters. The number of alkyl halides is 1. The Morgan fingerprint density at radius 3 is 1.33 bits per heavy atom. The van der Waals surface area contributed by atoms with Crippen LogP contribution in [0.4, 0.5) is 0 Å². The van der Waals surface area contributed by atoms with E-state index < -0.39 is 0 Å². The average Bonchev–Trinajstić information content (AvgIpc) is 2.58. The van der Waals surface area contributed by atoms with E-state index >= 15 is 0 Å². The molecule has 3 N–H and O–H groups in total. The molecule has 0 fully saturated rings. The second-order valence-corrected chi connectivity index (χ2v) is 9.10. The molecular formula is C22H48BrN. The van der Waals surface area contributed by atoms with Gasteiger partial charge in [-0.2, -0.15) is 0 Å².